The van der Waals surface area contributed by atoms with Gasteiger partial charge >= 0.3 is 0 Å². The second-order valence-corrected chi connectivity index (χ2v) is 7.57. The molecule has 0 aromatic heterocycles. The van der Waals surface area contributed by atoms with Crippen LogP contribution in [0.1, 0.15) is 52.4 Å². The van der Waals surface area contributed by atoms with Crippen LogP contribution in [0.4, 0.5) is 0 Å². The van der Waals surface area contributed by atoms with E-state index in [1.807, 2.05) is 0 Å². The highest BCUT2D eigenvalue weighted by Crippen LogP contribution is 2.25. The lowest BCUT2D eigenvalue weighted by molar-refractivity contribution is 0.0617. The van der Waals surface area contributed by atoms with Crippen molar-refractivity contribution >= 4 is 0 Å². The molecule has 3 heteroatoms. The van der Waals surface area contributed by atoms with E-state index < -0.39 is 0 Å². The van der Waals surface area contributed by atoms with Crippen molar-refractivity contribution in [1.29, 1.82) is 0 Å². The Kier molecular flexibility index (Phi) is 6.31. The van der Waals surface area contributed by atoms with E-state index in [9.17, 15) is 0 Å². The second kappa shape index (κ2) is 7.77. The van der Waals surface area contributed by atoms with Gasteiger partial charge in [-0.1, -0.05) is 32.1 Å². The lowest BCUT2D eigenvalue weighted by Gasteiger charge is -2.43. The Bertz CT molecular complexity index is 263. The van der Waals surface area contributed by atoms with Crippen LogP contribution in [-0.2, 0) is 0 Å². The molecule has 0 aromatic carbocycles. The predicted molar refractivity (Wildman–Crippen MR) is 87.2 cm³/mol. The van der Waals surface area contributed by atoms with Crippen LogP contribution in [-0.4, -0.2) is 61.7 Å². The summed E-state index contributed by atoms with van der Waals surface area (Å²) in [6.07, 6.45) is 8.75. The zero-order chi connectivity index (χ0) is 14.4. The van der Waals surface area contributed by atoms with Crippen LogP contribution in [0.2, 0.25) is 0 Å². The van der Waals surface area contributed by atoms with Gasteiger partial charge in [0.15, 0.2) is 0 Å². The first-order valence-electron chi connectivity index (χ1n) is 8.72. The Labute approximate surface area is 126 Å². The first kappa shape index (κ1) is 16.3. The maximum Gasteiger partial charge on any atom is 0.0278 e. The minimum Gasteiger partial charge on any atom is -0.315 e. The molecule has 2 aliphatic rings. The summed E-state index contributed by atoms with van der Waals surface area (Å²) in [6, 6.07) is 0. The molecule has 1 N–H and O–H groups in total. The van der Waals surface area contributed by atoms with Crippen molar-refractivity contribution in [2.24, 2.45) is 5.92 Å². The van der Waals surface area contributed by atoms with E-state index in [0.29, 0.717) is 5.54 Å². The molecule has 1 aliphatic heterocycles. The number of rotatable bonds is 6. The summed E-state index contributed by atoms with van der Waals surface area (Å²) >= 11 is 0. The fourth-order valence-corrected chi connectivity index (χ4v) is 3.70. The van der Waals surface area contributed by atoms with Crippen LogP contribution in [0.5, 0.6) is 0 Å². The van der Waals surface area contributed by atoms with E-state index >= 15 is 0 Å². The molecular formula is C17H35N3. The normalized spacial score (nSPS) is 24.1. The maximum atomic E-state index is 3.73. The average molecular weight is 281 g/mol. The molecule has 3 nitrogen and oxygen atoms in total. The summed E-state index contributed by atoms with van der Waals surface area (Å²) in [6.45, 7) is 12.0. The molecule has 0 spiro atoms. The van der Waals surface area contributed by atoms with Crippen molar-refractivity contribution in [2.45, 2.75) is 57.9 Å². The van der Waals surface area contributed by atoms with Crippen LogP contribution in [0.3, 0.4) is 0 Å². The summed E-state index contributed by atoms with van der Waals surface area (Å²) in [7, 11) is 2.23. The molecule has 0 aromatic rings. The predicted octanol–water partition coefficient (Wildman–Crippen LogP) is 2.57. The molecule has 118 valence electrons. The van der Waals surface area contributed by atoms with Gasteiger partial charge in [-0.05, 0) is 39.8 Å². The van der Waals surface area contributed by atoms with Crippen molar-refractivity contribution in [2.75, 3.05) is 46.3 Å². The molecule has 2 rings (SSSR count). The molecule has 1 saturated heterocycles. The molecule has 0 bridgehead atoms. The zero-order valence-corrected chi connectivity index (χ0v) is 14.0. The molecule has 0 atom stereocenters. The third-order valence-electron chi connectivity index (χ3n) is 5.37. The zero-order valence-electron chi connectivity index (χ0n) is 14.0. The van der Waals surface area contributed by atoms with Gasteiger partial charge in [0.2, 0.25) is 0 Å². The Morgan fingerprint density at radius 1 is 1.00 bits per heavy atom. The molecule has 2 fully saturated rings. The van der Waals surface area contributed by atoms with Gasteiger partial charge in [0, 0.05) is 38.3 Å². The highest BCUT2D eigenvalue weighted by Gasteiger charge is 2.28. The molecule has 20 heavy (non-hydrogen) atoms. The molecular weight excluding hydrogens is 246 g/mol. The first-order valence-corrected chi connectivity index (χ1v) is 8.72. The van der Waals surface area contributed by atoms with E-state index in [1.54, 1.807) is 0 Å². The van der Waals surface area contributed by atoms with Crippen LogP contribution >= 0.6 is 0 Å². The van der Waals surface area contributed by atoms with Crippen molar-refractivity contribution in [3.63, 3.8) is 0 Å². The Morgan fingerprint density at radius 2 is 1.65 bits per heavy atom. The monoisotopic (exact) mass is 281 g/mol. The number of nitrogens with zero attached hydrogens (tertiary/aromatic N) is 2. The van der Waals surface area contributed by atoms with Gasteiger partial charge in [0.05, 0.1) is 0 Å². The van der Waals surface area contributed by atoms with Crippen LogP contribution < -0.4 is 5.32 Å². The lowest BCUT2D eigenvalue weighted by atomic mass is 9.87. The third kappa shape index (κ3) is 5.01. The van der Waals surface area contributed by atoms with Gasteiger partial charge in [-0.15, -0.1) is 0 Å². The summed E-state index contributed by atoms with van der Waals surface area (Å²) < 4.78 is 0. The number of piperazine rings is 1. The Hall–Kier alpha value is -0.120. The SMILES string of the molecule is CN1CCN(C(C)(C)CNCCC2CCCCC2)CC1. The van der Waals surface area contributed by atoms with Crippen molar-refractivity contribution in [3.05, 3.63) is 0 Å². The molecule has 1 heterocycles. The average Bonchev–Trinajstić information content (AvgIpc) is 2.45. The highest BCUT2D eigenvalue weighted by atomic mass is 15.3. The van der Waals surface area contributed by atoms with Gasteiger partial charge in [-0.2, -0.15) is 0 Å². The van der Waals surface area contributed by atoms with Gasteiger partial charge in [-0.25, -0.2) is 0 Å². The summed E-state index contributed by atoms with van der Waals surface area (Å²) in [4.78, 5) is 5.09. The van der Waals surface area contributed by atoms with Crippen LogP contribution in [0.15, 0.2) is 0 Å². The van der Waals surface area contributed by atoms with Crippen molar-refractivity contribution < 1.29 is 0 Å². The number of hydrogen-bond donors (Lipinski definition) is 1. The minimum atomic E-state index is 0.299. The second-order valence-electron chi connectivity index (χ2n) is 7.57. The summed E-state index contributed by atoms with van der Waals surface area (Å²) in [5.74, 6) is 1.00. The van der Waals surface area contributed by atoms with E-state index in [-0.39, 0.29) is 0 Å². The topological polar surface area (TPSA) is 18.5 Å². The fraction of sp³-hybridized carbons (Fsp3) is 1.00. The van der Waals surface area contributed by atoms with E-state index in [4.69, 9.17) is 0 Å². The highest BCUT2D eigenvalue weighted by molar-refractivity contribution is 4.87. The molecule has 0 radical (unpaired) electrons. The number of hydrogen-bond acceptors (Lipinski definition) is 3. The number of likely N-dealkylation sites (N-methyl/N-ethyl adjacent to an activating group) is 1. The standard InChI is InChI=1S/C17H35N3/c1-17(2,20-13-11-19(3)12-14-20)15-18-10-9-16-7-5-4-6-8-16/h16,18H,4-15H2,1-3H3. The minimum absolute atomic E-state index is 0.299. The van der Waals surface area contributed by atoms with Gasteiger partial charge < -0.3 is 10.2 Å². The smallest absolute Gasteiger partial charge is 0.0278 e. The van der Waals surface area contributed by atoms with E-state index in [0.717, 1.165) is 12.5 Å². The van der Waals surface area contributed by atoms with Gasteiger partial charge in [-0.3, -0.25) is 4.90 Å². The molecule has 1 aliphatic carbocycles. The molecule has 1 saturated carbocycles. The maximum absolute atomic E-state index is 3.73. The Balaban J connectivity index is 1.61. The third-order valence-corrected chi connectivity index (χ3v) is 5.37. The quantitative estimate of drug-likeness (QED) is 0.755. The molecule has 0 amide bonds. The molecule has 0 unspecified atom stereocenters. The number of nitrogens with one attached hydrogen (secondary N) is 1. The first-order chi connectivity index (χ1) is 9.58. The van der Waals surface area contributed by atoms with E-state index in [2.05, 4.69) is 36.0 Å². The van der Waals surface area contributed by atoms with Crippen LogP contribution in [0.25, 0.3) is 0 Å². The van der Waals surface area contributed by atoms with Gasteiger partial charge in [0.1, 0.15) is 0 Å². The van der Waals surface area contributed by atoms with Crippen LogP contribution in [0, 0.1) is 5.92 Å². The largest absolute Gasteiger partial charge is 0.315 e. The fourth-order valence-electron chi connectivity index (χ4n) is 3.70. The van der Waals surface area contributed by atoms with Crippen molar-refractivity contribution in [1.82, 2.24) is 15.1 Å². The summed E-state index contributed by atoms with van der Waals surface area (Å²) in [5, 5.41) is 3.73. The lowest BCUT2D eigenvalue weighted by Crippen LogP contribution is -2.57. The van der Waals surface area contributed by atoms with Gasteiger partial charge in [0.25, 0.3) is 0 Å². The Morgan fingerprint density at radius 3 is 2.30 bits per heavy atom. The summed E-state index contributed by atoms with van der Waals surface area (Å²) in [5.41, 5.74) is 0.299. The van der Waals surface area contributed by atoms with Crippen molar-refractivity contribution in [3.8, 4) is 0 Å². The van der Waals surface area contributed by atoms with E-state index in [1.165, 1.54) is 71.2 Å².